The highest BCUT2D eigenvalue weighted by Gasteiger charge is 2.31. The number of nitrogens with one attached hydrogen (secondary N) is 1. The van der Waals surface area contributed by atoms with Crippen molar-refractivity contribution in [2.75, 3.05) is 13.2 Å². The summed E-state index contributed by atoms with van der Waals surface area (Å²) >= 11 is 0. The van der Waals surface area contributed by atoms with Gasteiger partial charge in [0.05, 0.1) is 6.61 Å². The zero-order valence-electron chi connectivity index (χ0n) is 8.25. The Bertz CT molecular complexity index is 231. The number of hydrogen-bond donors (Lipinski definition) is 5. The zero-order chi connectivity index (χ0) is 12.0. The molecule has 1 amide bonds. The molecule has 5 N–H and O–H groups in total. The fourth-order valence-corrected chi connectivity index (χ4v) is 1.00. The average Bonchev–Trinajstić information content (AvgIpc) is 2.22. The second-order valence-electron chi connectivity index (χ2n) is 3.04. The minimum absolute atomic E-state index is 0.592. The number of aliphatic hydroxyl groups excluding tert-OH is 4. The third-order valence-electron chi connectivity index (χ3n) is 1.78. The van der Waals surface area contributed by atoms with Crippen LogP contribution in [0.1, 0.15) is 6.92 Å². The molecule has 0 fully saturated rings. The van der Waals surface area contributed by atoms with Gasteiger partial charge in [0.1, 0.15) is 24.9 Å². The lowest BCUT2D eigenvalue weighted by Gasteiger charge is -2.24. The number of amides is 1. The van der Waals surface area contributed by atoms with Crippen LogP contribution >= 0.6 is 0 Å². The van der Waals surface area contributed by atoms with Crippen molar-refractivity contribution >= 4 is 11.7 Å². The molecule has 7 nitrogen and oxygen atoms in total. The minimum atomic E-state index is -1.65. The van der Waals surface area contributed by atoms with Gasteiger partial charge in [0.25, 0.3) is 0 Å². The zero-order valence-corrected chi connectivity index (χ0v) is 8.25. The molecule has 0 spiro atoms. The number of carbonyl (C=O) groups excluding carboxylic acids is 2. The maximum Gasteiger partial charge on any atom is 0.217 e. The number of rotatable bonds is 6. The quantitative estimate of drug-likeness (QED) is 0.321. The topological polar surface area (TPSA) is 127 Å². The summed E-state index contributed by atoms with van der Waals surface area (Å²) in [6, 6.07) is -1.42. The van der Waals surface area contributed by atoms with Gasteiger partial charge in [-0.25, -0.2) is 0 Å². The van der Waals surface area contributed by atoms with Crippen molar-refractivity contribution in [3.8, 4) is 0 Å². The van der Waals surface area contributed by atoms with Crippen molar-refractivity contribution in [2.45, 2.75) is 25.2 Å². The smallest absolute Gasteiger partial charge is 0.217 e. The Morgan fingerprint density at radius 3 is 2.13 bits per heavy atom. The van der Waals surface area contributed by atoms with E-state index in [-0.39, 0.29) is 0 Å². The summed E-state index contributed by atoms with van der Waals surface area (Å²) in [5.74, 6) is -1.43. The van der Waals surface area contributed by atoms with Crippen LogP contribution in [0.3, 0.4) is 0 Å². The molecule has 0 aromatic carbocycles. The normalized spacial score (nSPS) is 16.6. The highest BCUT2D eigenvalue weighted by molar-refractivity contribution is 5.89. The highest BCUT2D eigenvalue weighted by Crippen LogP contribution is 2.01. The van der Waals surface area contributed by atoms with E-state index >= 15 is 0 Å². The summed E-state index contributed by atoms with van der Waals surface area (Å²) < 4.78 is 0. The average molecular weight is 221 g/mol. The van der Waals surface area contributed by atoms with Crippen LogP contribution in [-0.2, 0) is 9.59 Å². The van der Waals surface area contributed by atoms with E-state index in [2.05, 4.69) is 5.32 Å². The van der Waals surface area contributed by atoms with E-state index in [4.69, 9.17) is 15.3 Å². The number of carbonyl (C=O) groups is 2. The molecule has 0 rings (SSSR count). The van der Waals surface area contributed by atoms with Crippen molar-refractivity contribution in [1.29, 1.82) is 0 Å². The van der Waals surface area contributed by atoms with E-state index in [9.17, 15) is 14.7 Å². The van der Waals surface area contributed by atoms with Crippen LogP contribution in [0.5, 0.6) is 0 Å². The summed E-state index contributed by atoms with van der Waals surface area (Å²) in [5.41, 5.74) is 0. The summed E-state index contributed by atoms with van der Waals surface area (Å²) in [6.45, 7) is -0.508. The molecular weight excluding hydrogens is 206 g/mol. The molecule has 0 saturated carbocycles. The molecule has 88 valence electrons. The molecule has 0 bridgehead atoms. The summed E-state index contributed by atoms with van der Waals surface area (Å²) in [4.78, 5) is 21.8. The Labute approximate surface area is 86.3 Å². The molecule has 7 heteroatoms. The summed E-state index contributed by atoms with van der Waals surface area (Å²) in [6.07, 6.45) is -3.21. The van der Waals surface area contributed by atoms with Crippen LogP contribution in [0, 0.1) is 0 Å². The van der Waals surface area contributed by atoms with Crippen molar-refractivity contribution < 1.29 is 30.0 Å². The molecule has 0 aromatic rings. The van der Waals surface area contributed by atoms with Crippen LogP contribution in [0.4, 0.5) is 0 Å². The van der Waals surface area contributed by atoms with Gasteiger partial charge in [-0.2, -0.15) is 0 Å². The predicted octanol–water partition coefficient (Wildman–Crippen LogP) is -3.23. The Balaban J connectivity index is 4.61. The number of hydrogen-bond acceptors (Lipinski definition) is 6. The maximum atomic E-state index is 11.1. The molecular formula is C8H15NO6. The summed E-state index contributed by atoms with van der Waals surface area (Å²) in [7, 11) is 0. The molecule has 0 heterocycles. The van der Waals surface area contributed by atoms with Gasteiger partial charge in [0.2, 0.25) is 5.91 Å². The molecule has 0 saturated heterocycles. The number of ketones is 1. The third kappa shape index (κ3) is 4.34. The van der Waals surface area contributed by atoms with Gasteiger partial charge in [0.15, 0.2) is 5.78 Å². The SMILES string of the molecule is CC(=O)N[C@H](C(=O)CO)[C@H](O)[C@H](O)CO. The van der Waals surface area contributed by atoms with Crippen LogP contribution in [0.2, 0.25) is 0 Å². The van der Waals surface area contributed by atoms with Crippen molar-refractivity contribution in [1.82, 2.24) is 5.32 Å². The van der Waals surface area contributed by atoms with Crippen LogP contribution in [-0.4, -0.2) is 63.6 Å². The fourth-order valence-electron chi connectivity index (χ4n) is 1.00. The van der Waals surface area contributed by atoms with E-state index < -0.39 is 43.2 Å². The Kier molecular flexibility index (Phi) is 6.02. The van der Waals surface area contributed by atoms with E-state index in [1.54, 1.807) is 0 Å². The molecule has 3 atom stereocenters. The molecule has 0 aromatic heterocycles. The van der Waals surface area contributed by atoms with Crippen LogP contribution < -0.4 is 5.32 Å². The Hall–Kier alpha value is -1.02. The first-order chi connectivity index (χ1) is 6.93. The van der Waals surface area contributed by atoms with Crippen molar-refractivity contribution in [3.63, 3.8) is 0 Å². The summed E-state index contributed by atoms with van der Waals surface area (Å²) in [5, 5.41) is 37.6. The minimum Gasteiger partial charge on any atom is -0.394 e. The van der Waals surface area contributed by atoms with Gasteiger partial charge in [0, 0.05) is 6.92 Å². The standard InChI is InChI=1S/C8H15NO6/c1-4(12)9-7(5(13)2-10)8(15)6(14)3-11/h6-8,10-11,14-15H,2-3H2,1H3,(H,9,12)/t6-,7-,8-/m1/s1. The first-order valence-corrected chi connectivity index (χ1v) is 4.31. The Morgan fingerprint density at radius 2 is 1.80 bits per heavy atom. The van der Waals surface area contributed by atoms with E-state index in [1.165, 1.54) is 0 Å². The van der Waals surface area contributed by atoms with Gasteiger partial charge < -0.3 is 25.7 Å². The van der Waals surface area contributed by atoms with E-state index in [0.29, 0.717) is 0 Å². The Morgan fingerprint density at radius 1 is 1.27 bits per heavy atom. The lowest BCUT2D eigenvalue weighted by Crippen LogP contribution is -2.54. The molecule has 0 radical (unpaired) electrons. The van der Waals surface area contributed by atoms with Crippen molar-refractivity contribution in [3.05, 3.63) is 0 Å². The van der Waals surface area contributed by atoms with Crippen molar-refractivity contribution in [2.24, 2.45) is 0 Å². The van der Waals surface area contributed by atoms with E-state index in [0.717, 1.165) is 6.92 Å². The lowest BCUT2D eigenvalue weighted by atomic mass is 10.0. The highest BCUT2D eigenvalue weighted by atomic mass is 16.4. The largest absolute Gasteiger partial charge is 0.394 e. The molecule has 0 aliphatic heterocycles. The second-order valence-corrected chi connectivity index (χ2v) is 3.04. The van der Waals surface area contributed by atoms with Gasteiger partial charge in [-0.15, -0.1) is 0 Å². The fraction of sp³-hybridized carbons (Fsp3) is 0.750. The molecule has 0 unspecified atom stereocenters. The van der Waals surface area contributed by atoms with Gasteiger partial charge in [-0.1, -0.05) is 0 Å². The third-order valence-corrected chi connectivity index (χ3v) is 1.78. The lowest BCUT2D eigenvalue weighted by molar-refractivity contribution is -0.134. The van der Waals surface area contributed by atoms with Gasteiger partial charge >= 0.3 is 0 Å². The molecule has 0 aliphatic rings. The van der Waals surface area contributed by atoms with Crippen LogP contribution in [0.25, 0.3) is 0 Å². The van der Waals surface area contributed by atoms with Crippen LogP contribution in [0.15, 0.2) is 0 Å². The predicted molar refractivity (Wildman–Crippen MR) is 48.8 cm³/mol. The maximum absolute atomic E-state index is 11.1. The first-order valence-electron chi connectivity index (χ1n) is 4.31. The number of aliphatic hydroxyl groups is 4. The monoisotopic (exact) mass is 221 g/mol. The second kappa shape index (κ2) is 6.46. The van der Waals surface area contributed by atoms with Gasteiger partial charge in [-0.3, -0.25) is 9.59 Å². The molecule has 15 heavy (non-hydrogen) atoms. The van der Waals surface area contributed by atoms with Gasteiger partial charge in [-0.05, 0) is 0 Å². The molecule has 0 aliphatic carbocycles. The first kappa shape index (κ1) is 14.0. The number of Topliss-reactive ketones (excluding diaryl/α,β-unsaturated/α-hetero) is 1. The van der Waals surface area contributed by atoms with E-state index in [1.807, 2.05) is 0 Å².